The Bertz CT molecular complexity index is 1340. The van der Waals surface area contributed by atoms with Gasteiger partial charge in [-0.3, -0.25) is 9.59 Å². The molecule has 0 aliphatic carbocycles. The van der Waals surface area contributed by atoms with Crippen LogP contribution in [0.4, 0.5) is 0 Å². The lowest BCUT2D eigenvalue weighted by atomic mass is 9.86. The Hall–Kier alpha value is -4.82. The third-order valence-electron chi connectivity index (χ3n) is 6.73. The van der Waals surface area contributed by atoms with E-state index in [0.717, 1.165) is 12.5 Å². The number of ether oxygens (including phenoxy) is 5. The number of aliphatic hydroxyl groups is 2. The number of phenols is 2. The molecule has 0 spiro atoms. The van der Waals surface area contributed by atoms with Crippen molar-refractivity contribution >= 4 is 23.9 Å². The Balaban J connectivity index is 0.000000342. The zero-order valence-corrected chi connectivity index (χ0v) is 24.6. The number of hydrogen-bond donors (Lipinski definition) is 5. The summed E-state index contributed by atoms with van der Waals surface area (Å²) in [4.78, 5) is 46.3. The number of carbonyl (C=O) groups excluding carboxylic acids is 3. The molecule has 2 heterocycles. The molecule has 240 valence electrons. The largest absolute Gasteiger partial charge is 0.504 e. The van der Waals surface area contributed by atoms with E-state index in [2.05, 4.69) is 4.74 Å². The van der Waals surface area contributed by atoms with Crippen molar-refractivity contribution < 1.29 is 68.4 Å². The van der Waals surface area contributed by atoms with Crippen molar-refractivity contribution in [2.24, 2.45) is 11.8 Å². The molecule has 0 saturated carbocycles. The third kappa shape index (κ3) is 9.34. The highest BCUT2D eigenvalue weighted by Gasteiger charge is 2.36. The van der Waals surface area contributed by atoms with Crippen molar-refractivity contribution in [2.75, 3.05) is 20.8 Å². The van der Waals surface area contributed by atoms with Gasteiger partial charge in [0, 0.05) is 29.4 Å². The molecule has 0 fully saturated rings. The van der Waals surface area contributed by atoms with Crippen LogP contribution in [0.3, 0.4) is 0 Å². The summed E-state index contributed by atoms with van der Waals surface area (Å²) in [6.45, 7) is 3.35. The molecule has 2 aliphatic heterocycles. The van der Waals surface area contributed by atoms with Crippen molar-refractivity contribution in [2.45, 2.75) is 45.7 Å². The van der Waals surface area contributed by atoms with E-state index in [9.17, 15) is 39.6 Å². The summed E-state index contributed by atoms with van der Waals surface area (Å²) in [7, 11) is 2.41. The maximum absolute atomic E-state index is 12.2. The quantitative estimate of drug-likeness (QED) is 0.115. The second kappa shape index (κ2) is 16.7. The summed E-state index contributed by atoms with van der Waals surface area (Å²) in [5.74, 6) is -4.87. The standard InChI is InChI=1S/C19H22O8.C11H14O6/c1-3-12-13(14(18(23)25-2)10-27-19(12)24)9-17(22)26-7-6-11-4-5-15(20)16(21)8-11;1-3-6-7(4-9(12)13)8(10(14)16-2)5-17-11(6)15/h3-5,8,10,13,19-21,24H,6-7,9H2,1-2H3;3,5,7,11,15H,4H2,1-2H3,(H,12,13)/b12-3-;6-3-. The van der Waals surface area contributed by atoms with Gasteiger partial charge in [-0.05, 0) is 31.5 Å². The molecule has 0 saturated heterocycles. The van der Waals surface area contributed by atoms with Crippen molar-refractivity contribution in [3.63, 3.8) is 0 Å². The fraction of sp³-hybridized carbons (Fsp3) is 0.400. The average Bonchev–Trinajstić information content (AvgIpc) is 2.98. The summed E-state index contributed by atoms with van der Waals surface area (Å²) in [6.07, 6.45) is 2.66. The first-order chi connectivity index (χ1) is 20.9. The zero-order valence-electron chi connectivity index (χ0n) is 24.6. The second-order valence-electron chi connectivity index (χ2n) is 9.38. The maximum atomic E-state index is 12.2. The number of rotatable bonds is 9. The van der Waals surface area contributed by atoms with Gasteiger partial charge in [-0.2, -0.15) is 0 Å². The highest BCUT2D eigenvalue weighted by Crippen LogP contribution is 2.34. The number of carbonyl (C=O) groups is 4. The van der Waals surface area contributed by atoms with Crippen LogP contribution in [0, 0.1) is 11.8 Å². The van der Waals surface area contributed by atoms with Crippen molar-refractivity contribution in [1.29, 1.82) is 0 Å². The molecule has 1 aromatic carbocycles. The Labute approximate surface area is 253 Å². The topological polar surface area (TPSA) is 216 Å². The van der Waals surface area contributed by atoms with Gasteiger partial charge in [0.25, 0.3) is 0 Å². The summed E-state index contributed by atoms with van der Waals surface area (Å²) in [5.41, 5.74) is 1.61. The number of aromatic hydroxyl groups is 2. The first-order valence-electron chi connectivity index (χ1n) is 13.3. The fourth-order valence-corrected chi connectivity index (χ4v) is 4.47. The molecule has 2 aliphatic rings. The minimum atomic E-state index is -1.25. The van der Waals surface area contributed by atoms with E-state index < -0.39 is 48.3 Å². The smallest absolute Gasteiger partial charge is 0.337 e. The molecule has 4 atom stereocenters. The van der Waals surface area contributed by atoms with Gasteiger partial charge in [-0.1, -0.05) is 18.2 Å². The van der Waals surface area contributed by atoms with Gasteiger partial charge in [0.1, 0.15) is 0 Å². The molecule has 0 amide bonds. The number of esters is 3. The van der Waals surface area contributed by atoms with Gasteiger partial charge in [0.05, 0.1) is 57.3 Å². The number of allylic oxidation sites excluding steroid dienone is 2. The molecule has 1 aromatic rings. The molecule has 0 aromatic heterocycles. The number of phenolic OH excluding ortho intramolecular Hbond substituents is 2. The van der Waals surface area contributed by atoms with E-state index >= 15 is 0 Å². The van der Waals surface area contributed by atoms with Crippen LogP contribution in [0.25, 0.3) is 0 Å². The highest BCUT2D eigenvalue weighted by atomic mass is 16.6. The number of methoxy groups -OCH3 is 2. The van der Waals surface area contributed by atoms with Gasteiger partial charge < -0.3 is 49.2 Å². The van der Waals surface area contributed by atoms with Crippen LogP contribution in [0.2, 0.25) is 0 Å². The monoisotopic (exact) mass is 620 g/mol. The van der Waals surface area contributed by atoms with Gasteiger partial charge in [0.15, 0.2) is 11.5 Å². The van der Waals surface area contributed by atoms with Gasteiger partial charge >= 0.3 is 23.9 Å². The average molecular weight is 621 g/mol. The molecule has 3 rings (SSSR count). The Morgan fingerprint density at radius 2 is 1.32 bits per heavy atom. The van der Waals surface area contributed by atoms with E-state index in [1.54, 1.807) is 26.0 Å². The molecule has 0 radical (unpaired) electrons. The van der Waals surface area contributed by atoms with Gasteiger partial charge in [-0.15, -0.1) is 0 Å². The summed E-state index contributed by atoms with van der Waals surface area (Å²) >= 11 is 0. The maximum Gasteiger partial charge on any atom is 0.337 e. The first kappa shape index (κ1) is 35.4. The predicted octanol–water partition coefficient (Wildman–Crippen LogP) is 1.97. The van der Waals surface area contributed by atoms with Crippen LogP contribution < -0.4 is 0 Å². The summed E-state index contributed by atoms with van der Waals surface area (Å²) in [6, 6.07) is 4.34. The van der Waals surface area contributed by atoms with Gasteiger partial charge in [-0.25, -0.2) is 9.59 Å². The van der Waals surface area contributed by atoms with Crippen LogP contribution in [-0.2, 0) is 49.3 Å². The molecular formula is C30H36O14. The zero-order chi connectivity index (χ0) is 33.0. The third-order valence-corrected chi connectivity index (χ3v) is 6.73. The summed E-state index contributed by atoms with van der Waals surface area (Å²) < 4.78 is 24.3. The molecular weight excluding hydrogens is 584 g/mol. The van der Waals surface area contributed by atoms with Crippen molar-refractivity contribution in [1.82, 2.24) is 0 Å². The van der Waals surface area contributed by atoms with Crippen LogP contribution in [0.1, 0.15) is 32.3 Å². The number of hydrogen-bond acceptors (Lipinski definition) is 13. The number of benzene rings is 1. The number of aliphatic hydroxyl groups excluding tert-OH is 2. The molecule has 5 N–H and O–H groups in total. The van der Waals surface area contributed by atoms with E-state index in [0.29, 0.717) is 23.1 Å². The number of aliphatic carboxylic acids is 1. The SMILES string of the molecule is C/C=C1\C(O)OC=C(C(=O)OC)C1CC(=O)O.C/C=C1\C(O)OC=C(C(=O)OC)C1CC(=O)OCCc1ccc(O)c(O)c1. The fourth-order valence-electron chi connectivity index (χ4n) is 4.47. The van der Waals surface area contributed by atoms with Crippen molar-refractivity contribution in [3.05, 3.63) is 70.7 Å². The minimum absolute atomic E-state index is 0.0528. The van der Waals surface area contributed by atoms with E-state index in [-0.39, 0.29) is 42.1 Å². The lowest BCUT2D eigenvalue weighted by molar-refractivity contribution is -0.145. The van der Waals surface area contributed by atoms with Gasteiger partial charge in [0.2, 0.25) is 12.6 Å². The molecule has 14 nitrogen and oxygen atoms in total. The Morgan fingerprint density at radius 3 is 1.75 bits per heavy atom. The Kier molecular flexibility index (Phi) is 13.4. The van der Waals surface area contributed by atoms with E-state index in [4.69, 9.17) is 24.1 Å². The van der Waals surface area contributed by atoms with Crippen LogP contribution >= 0.6 is 0 Å². The first-order valence-corrected chi connectivity index (χ1v) is 13.3. The molecule has 4 unspecified atom stereocenters. The normalized spacial score (nSPS) is 22.7. The lowest BCUT2D eigenvalue weighted by Gasteiger charge is -2.28. The van der Waals surface area contributed by atoms with Crippen LogP contribution in [-0.4, -0.2) is 82.8 Å². The van der Waals surface area contributed by atoms with Crippen LogP contribution in [0.5, 0.6) is 11.5 Å². The van der Waals surface area contributed by atoms with E-state index in [1.165, 1.54) is 32.4 Å². The Morgan fingerprint density at radius 1 is 0.818 bits per heavy atom. The molecule has 14 heteroatoms. The highest BCUT2D eigenvalue weighted by molar-refractivity contribution is 5.91. The van der Waals surface area contributed by atoms with Crippen molar-refractivity contribution in [3.8, 4) is 11.5 Å². The minimum Gasteiger partial charge on any atom is -0.504 e. The number of carboxylic acid groups (broad SMARTS) is 1. The molecule has 44 heavy (non-hydrogen) atoms. The van der Waals surface area contributed by atoms with E-state index in [1.807, 2.05) is 0 Å². The summed E-state index contributed by atoms with van der Waals surface area (Å²) in [5, 5.41) is 47.0. The lowest BCUT2D eigenvalue weighted by Crippen LogP contribution is -2.31. The predicted molar refractivity (Wildman–Crippen MR) is 150 cm³/mol. The van der Waals surface area contributed by atoms with Crippen LogP contribution in [0.15, 0.2) is 65.2 Å². The molecule has 0 bridgehead atoms. The second-order valence-corrected chi connectivity index (χ2v) is 9.38. The number of carboxylic acids is 1.